The standard InChI is InChI=1S/C11H15FN2O.ClH/c1-8-2-3-9(6-10(8)12)7-14-11(15)4-5-13;/h2-3,6H,4-5,7,13H2,1H3,(H,14,15);1H. The van der Waals surface area contributed by atoms with E-state index in [1.165, 1.54) is 6.07 Å². The first kappa shape index (κ1) is 14.9. The zero-order valence-electron chi connectivity index (χ0n) is 9.13. The summed E-state index contributed by atoms with van der Waals surface area (Å²) in [5.74, 6) is -0.362. The molecule has 0 fully saturated rings. The maximum atomic E-state index is 13.1. The van der Waals surface area contributed by atoms with Crippen LogP contribution in [0.25, 0.3) is 0 Å². The van der Waals surface area contributed by atoms with Gasteiger partial charge in [0.1, 0.15) is 5.82 Å². The number of carbonyl (C=O) groups excluding carboxylic acids is 1. The van der Waals surface area contributed by atoms with Crippen molar-refractivity contribution in [3.8, 4) is 0 Å². The number of benzene rings is 1. The number of amides is 1. The molecule has 0 unspecified atom stereocenters. The smallest absolute Gasteiger partial charge is 0.221 e. The van der Waals surface area contributed by atoms with E-state index in [0.717, 1.165) is 5.56 Å². The van der Waals surface area contributed by atoms with Crippen molar-refractivity contribution in [3.05, 3.63) is 35.1 Å². The summed E-state index contributed by atoms with van der Waals surface area (Å²) in [6.45, 7) is 2.37. The maximum absolute atomic E-state index is 13.1. The average molecular weight is 247 g/mol. The van der Waals surface area contributed by atoms with E-state index in [-0.39, 0.29) is 24.1 Å². The molecule has 0 atom stereocenters. The fourth-order valence-electron chi connectivity index (χ4n) is 1.17. The van der Waals surface area contributed by atoms with Crippen LogP contribution in [-0.4, -0.2) is 12.5 Å². The monoisotopic (exact) mass is 246 g/mol. The zero-order chi connectivity index (χ0) is 11.3. The largest absolute Gasteiger partial charge is 0.352 e. The molecular weight excluding hydrogens is 231 g/mol. The van der Waals surface area contributed by atoms with Gasteiger partial charge in [0.2, 0.25) is 5.91 Å². The molecule has 0 spiro atoms. The fraction of sp³-hybridized carbons (Fsp3) is 0.364. The van der Waals surface area contributed by atoms with Gasteiger partial charge in [-0.2, -0.15) is 0 Å². The first-order valence-corrected chi connectivity index (χ1v) is 4.85. The second kappa shape index (κ2) is 7.19. The SMILES string of the molecule is Cc1ccc(CNC(=O)CCN)cc1F.Cl. The summed E-state index contributed by atoms with van der Waals surface area (Å²) < 4.78 is 13.1. The Morgan fingerprint density at radius 2 is 2.19 bits per heavy atom. The Balaban J connectivity index is 0.00000225. The molecule has 0 heterocycles. The number of aryl methyl sites for hydroxylation is 1. The van der Waals surface area contributed by atoms with Crippen molar-refractivity contribution in [1.82, 2.24) is 5.32 Å². The topological polar surface area (TPSA) is 55.1 Å². The highest BCUT2D eigenvalue weighted by Gasteiger charge is 2.02. The lowest BCUT2D eigenvalue weighted by molar-refractivity contribution is -0.121. The van der Waals surface area contributed by atoms with Gasteiger partial charge in [-0.05, 0) is 24.1 Å². The van der Waals surface area contributed by atoms with Gasteiger partial charge in [-0.15, -0.1) is 12.4 Å². The van der Waals surface area contributed by atoms with Gasteiger partial charge in [0.25, 0.3) is 0 Å². The highest BCUT2D eigenvalue weighted by atomic mass is 35.5. The summed E-state index contributed by atoms with van der Waals surface area (Å²) in [4.78, 5) is 11.1. The van der Waals surface area contributed by atoms with Gasteiger partial charge >= 0.3 is 0 Å². The summed E-state index contributed by atoms with van der Waals surface area (Å²) in [6, 6.07) is 4.92. The van der Waals surface area contributed by atoms with E-state index in [1.807, 2.05) is 0 Å². The molecule has 3 N–H and O–H groups in total. The van der Waals surface area contributed by atoms with Crippen molar-refractivity contribution in [2.45, 2.75) is 19.9 Å². The van der Waals surface area contributed by atoms with Crippen LogP contribution < -0.4 is 11.1 Å². The van der Waals surface area contributed by atoms with Crippen LogP contribution in [0, 0.1) is 12.7 Å². The molecule has 0 aliphatic carbocycles. The molecule has 3 nitrogen and oxygen atoms in total. The van der Waals surface area contributed by atoms with Gasteiger partial charge in [-0.1, -0.05) is 12.1 Å². The molecule has 0 radical (unpaired) electrons. The molecule has 1 amide bonds. The van der Waals surface area contributed by atoms with Crippen LogP contribution in [0.3, 0.4) is 0 Å². The lowest BCUT2D eigenvalue weighted by atomic mass is 10.1. The minimum Gasteiger partial charge on any atom is -0.352 e. The summed E-state index contributed by atoms with van der Waals surface area (Å²) in [5, 5.41) is 2.66. The first-order chi connectivity index (χ1) is 7.13. The molecule has 0 saturated heterocycles. The first-order valence-electron chi connectivity index (χ1n) is 4.85. The van der Waals surface area contributed by atoms with E-state index >= 15 is 0 Å². The lowest BCUT2D eigenvalue weighted by Crippen LogP contribution is -2.25. The minimum atomic E-state index is -0.249. The molecule has 16 heavy (non-hydrogen) atoms. The van der Waals surface area contributed by atoms with Crippen LogP contribution in [0.4, 0.5) is 4.39 Å². The Bertz CT molecular complexity index is 358. The molecule has 0 aromatic heterocycles. The second-order valence-corrected chi connectivity index (χ2v) is 3.40. The van der Waals surface area contributed by atoms with Crippen molar-refractivity contribution < 1.29 is 9.18 Å². The highest BCUT2D eigenvalue weighted by molar-refractivity contribution is 5.85. The average Bonchev–Trinajstić information content (AvgIpc) is 2.20. The Morgan fingerprint density at radius 1 is 1.50 bits per heavy atom. The summed E-state index contributed by atoms with van der Waals surface area (Å²) >= 11 is 0. The van der Waals surface area contributed by atoms with E-state index < -0.39 is 0 Å². The Hall–Kier alpha value is -1.13. The van der Waals surface area contributed by atoms with E-state index in [4.69, 9.17) is 5.73 Å². The van der Waals surface area contributed by atoms with E-state index in [9.17, 15) is 9.18 Å². The number of hydrogen-bond acceptors (Lipinski definition) is 2. The molecule has 0 saturated carbocycles. The number of rotatable bonds is 4. The van der Waals surface area contributed by atoms with E-state index in [0.29, 0.717) is 25.1 Å². The third-order valence-electron chi connectivity index (χ3n) is 2.10. The quantitative estimate of drug-likeness (QED) is 0.847. The lowest BCUT2D eigenvalue weighted by Gasteiger charge is -2.05. The van der Waals surface area contributed by atoms with Gasteiger partial charge in [-0.25, -0.2) is 4.39 Å². The predicted molar refractivity (Wildman–Crippen MR) is 63.9 cm³/mol. The Morgan fingerprint density at radius 3 is 2.75 bits per heavy atom. The molecule has 1 aromatic carbocycles. The molecule has 90 valence electrons. The fourth-order valence-corrected chi connectivity index (χ4v) is 1.17. The van der Waals surface area contributed by atoms with Crippen molar-refractivity contribution in [1.29, 1.82) is 0 Å². The normalized spacial score (nSPS) is 9.44. The molecule has 5 heteroatoms. The van der Waals surface area contributed by atoms with Crippen molar-refractivity contribution >= 4 is 18.3 Å². The molecule has 0 aliphatic heterocycles. The molecule has 1 rings (SSSR count). The van der Waals surface area contributed by atoms with Crippen LogP contribution >= 0.6 is 12.4 Å². The van der Waals surface area contributed by atoms with E-state index in [1.54, 1.807) is 19.1 Å². The number of hydrogen-bond donors (Lipinski definition) is 2. The zero-order valence-corrected chi connectivity index (χ0v) is 9.94. The Labute approximate surface area is 101 Å². The summed E-state index contributed by atoms with van der Waals surface area (Å²) in [5.41, 5.74) is 6.58. The number of nitrogens with two attached hydrogens (primary N) is 1. The summed E-state index contributed by atoms with van der Waals surface area (Å²) in [6.07, 6.45) is 0.300. The van der Waals surface area contributed by atoms with Crippen molar-refractivity contribution in [2.75, 3.05) is 6.54 Å². The van der Waals surface area contributed by atoms with Gasteiger partial charge in [0.15, 0.2) is 0 Å². The van der Waals surface area contributed by atoms with Crippen LogP contribution in [0.5, 0.6) is 0 Å². The number of carbonyl (C=O) groups is 1. The Kier molecular flexibility index (Phi) is 6.69. The van der Waals surface area contributed by atoms with Crippen LogP contribution in [0.1, 0.15) is 17.5 Å². The van der Waals surface area contributed by atoms with Gasteiger partial charge in [0, 0.05) is 19.5 Å². The van der Waals surface area contributed by atoms with E-state index in [2.05, 4.69) is 5.32 Å². The van der Waals surface area contributed by atoms with Crippen LogP contribution in [0.15, 0.2) is 18.2 Å². The molecular formula is C11H16ClFN2O. The molecule has 1 aromatic rings. The molecule has 0 bridgehead atoms. The van der Waals surface area contributed by atoms with Gasteiger partial charge in [0.05, 0.1) is 0 Å². The molecule has 0 aliphatic rings. The minimum absolute atomic E-state index is 0. The third kappa shape index (κ3) is 4.59. The van der Waals surface area contributed by atoms with Gasteiger partial charge in [-0.3, -0.25) is 4.79 Å². The number of nitrogens with one attached hydrogen (secondary N) is 1. The maximum Gasteiger partial charge on any atom is 0.221 e. The van der Waals surface area contributed by atoms with Crippen LogP contribution in [0.2, 0.25) is 0 Å². The predicted octanol–water partition coefficient (Wildman–Crippen LogP) is 1.52. The summed E-state index contributed by atoms with van der Waals surface area (Å²) in [7, 11) is 0. The second-order valence-electron chi connectivity index (χ2n) is 3.40. The van der Waals surface area contributed by atoms with Gasteiger partial charge < -0.3 is 11.1 Å². The van der Waals surface area contributed by atoms with Crippen LogP contribution in [-0.2, 0) is 11.3 Å². The van der Waals surface area contributed by atoms with Crippen molar-refractivity contribution in [2.24, 2.45) is 5.73 Å². The highest BCUT2D eigenvalue weighted by Crippen LogP contribution is 2.08. The van der Waals surface area contributed by atoms with Crippen molar-refractivity contribution in [3.63, 3.8) is 0 Å². The third-order valence-corrected chi connectivity index (χ3v) is 2.10. The number of halogens is 2.